The third kappa shape index (κ3) is 2.01. The lowest BCUT2D eigenvalue weighted by molar-refractivity contribution is 0.111. The number of carbonyl (C=O) groups is 1. The van der Waals surface area contributed by atoms with Gasteiger partial charge in [-0.15, -0.1) is 10.2 Å². The second-order valence-electron chi connectivity index (χ2n) is 4.78. The van der Waals surface area contributed by atoms with Gasteiger partial charge in [0.2, 0.25) is 0 Å². The van der Waals surface area contributed by atoms with Crippen LogP contribution in [-0.2, 0) is 6.42 Å². The molecule has 0 atom stereocenters. The zero-order valence-corrected chi connectivity index (χ0v) is 10.2. The first-order valence-corrected chi connectivity index (χ1v) is 6.37. The van der Waals surface area contributed by atoms with Gasteiger partial charge < -0.3 is 5.32 Å². The summed E-state index contributed by atoms with van der Waals surface area (Å²) in [7, 11) is 0. The maximum Gasteiger partial charge on any atom is 0.166 e. The lowest BCUT2D eigenvalue weighted by atomic mass is 9.94. The minimum Gasteiger partial charge on any atom is -0.317 e. The molecule has 0 spiro atoms. The van der Waals surface area contributed by atoms with Crippen LogP contribution in [0.1, 0.15) is 29.2 Å². The summed E-state index contributed by atoms with van der Waals surface area (Å²) in [6, 6.07) is 5.52. The Morgan fingerprint density at radius 1 is 1.33 bits per heavy atom. The molecular weight excluding hydrogens is 228 g/mol. The zero-order valence-electron chi connectivity index (χ0n) is 10.2. The summed E-state index contributed by atoms with van der Waals surface area (Å²) in [6.45, 7) is 2.14. The normalized spacial score (nSPS) is 17.1. The van der Waals surface area contributed by atoms with Crippen molar-refractivity contribution in [3.63, 3.8) is 0 Å². The fraction of sp³-hybridized carbons (Fsp3) is 0.462. The molecule has 0 saturated carbocycles. The molecule has 0 aliphatic carbocycles. The molecule has 5 nitrogen and oxygen atoms in total. The number of fused-ring (bicyclic) bond motifs is 1. The highest BCUT2D eigenvalue weighted by Gasteiger charge is 2.17. The number of pyridine rings is 1. The Labute approximate surface area is 105 Å². The smallest absolute Gasteiger partial charge is 0.166 e. The standard InChI is InChI=1S/C13H16N4O/c18-9-11-2-1-3-12-15-16-13(17(11)12)8-10-4-6-14-7-5-10/h1-3,9-10,14H,4-8H2. The molecule has 0 aromatic carbocycles. The molecule has 5 heteroatoms. The molecule has 0 bridgehead atoms. The third-order valence-electron chi connectivity index (χ3n) is 3.58. The Hall–Kier alpha value is -1.75. The molecule has 3 heterocycles. The fourth-order valence-electron chi connectivity index (χ4n) is 2.60. The molecule has 0 radical (unpaired) electrons. The molecule has 2 aromatic heterocycles. The van der Waals surface area contributed by atoms with Crippen molar-refractivity contribution in [1.82, 2.24) is 19.9 Å². The number of rotatable bonds is 3. The molecule has 94 valence electrons. The summed E-state index contributed by atoms with van der Waals surface area (Å²) >= 11 is 0. The van der Waals surface area contributed by atoms with Crippen LogP contribution >= 0.6 is 0 Å². The monoisotopic (exact) mass is 244 g/mol. The number of aromatic nitrogens is 3. The molecule has 1 saturated heterocycles. The van der Waals surface area contributed by atoms with E-state index < -0.39 is 0 Å². The van der Waals surface area contributed by atoms with Crippen molar-refractivity contribution in [1.29, 1.82) is 0 Å². The van der Waals surface area contributed by atoms with Gasteiger partial charge in [0.25, 0.3) is 0 Å². The maximum absolute atomic E-state index is 11.1. The minimum atomic E-state index is 0.626. The average molecular weight is 244 g/mol. The van der Waals surface area contributed by atoms with E-state index in [2.05, 4.69) is 15.5 Å². The molecule has 1 fully saturated rings. The van der Waals surface area contributed by atoms with E-state index in [0.717, 1.165) is 50.1 Å². The van der Waals surface area contributed by atoms with Crippen molar-refractivity contribution in [2.45, 2.75) is 19.3 Å². The first-order chi connectivity index (χ1) is 8.88. The predicted octanol–water partition coefficient (Wildman–Crippen LogP) is 1.08. The molecule has 2 aromatic rings. The largest absolute Gasteiger partial charge is 0.317 e. The van der Waals surface area contributed by atoms with Crippen LogP contribution in [0.2, 0.25) is 0 Å². The van der Waals surface area contributed by atoms with Crippen LogP contribution in [0, 0.1) is 5.92 Å². The Morgan fingerprint density at radius 3 is 2.94 bits per heavy atom. The molecule has 3 rings (SSSR count). The molecule has 1 aliphatic heterocycles. The van der Waals surface area contributed by atoms with E-state index >= 15 is 0 Å². The van der Waals surface area contributed by atoms with Crippen molar-refractivity contribution >= 4 is 11.9 Å². The third-order valence-corrected chi connectivity index (χ3v) is 3.58. The lowest BCUT2D eigenvalue weighted by Crippen LogP contribution is -2.29. The van der Waals surface area contributed by atoms with Crippen LogP contribution in [0.3, 0.4) is 0 Å². The Bertz CT molecular complexity index is 557. The topological polar surface area (TPSA) is 59.3 Å². The van der Waals surface area contributed by atoms with Gasteiger partial charge in [-0.3, -0.25) is 9.20 Å². The molecule has 18 heavy (non-hydrogen) atoms. The van der Waals surface area contributed by atoms with Crippen LogP contribution < -0.4 is 5.32 Å². The second-order valence-corrected chi connectivity index (χ2v) is 4.78. The average Bonchev–Trinajstić information content (AvgIpc) is 2.83. The van der Waals surface area contributed by atoms with E-state index in [9.17, 15) is 4.79 Å². The van der Waals surface area contributed by atoms with Crippen molar-refractivity contribution in [3.8, 4) is 0 Å². The van der Waals surface area contributed by atoms with Gasteiger partial charge >= 0.3 is 0 Å². The van der Waals surface area contributed by atoms with Gasteiger partial charge in [-0.2, -0.15) is 0 Å². The number of aldehydes is 1. The Morgan fingerprint density at radius 2 is 2.17 bits per heavy atom. The number of carbonyl (C=O) groups excluding carboxylic acids is 1. The molecular formula is C13H16N4O. The van der Waals surface area contributed by atoms with Crippen molar-refractivity contribution < 1.29 is 4.79 Å². The highest BCUT2D eigenvalue weighted by molar-refractivity contribution is 5.73. The van der Waals surface area contributed by atoms with Crippen LogP contribution in [0.5, 0.6) is 0 Å². The van der Waals surface area contributed by atoms with Gasteiger partial charge in [0.1, 0.15) is 5.82 Å². The summed E-state index contributed by atoms with van der Waals surface area (Å²) < 4.78 is 1.87. The van der Waals surface area contributed by atoms with Crippen molar-refractivity contribution in [2.75, 3.05) is 13.1 Å². The summed E-state index contributed by atoms with van der Waals surface area (Å²) in [5.74, 6) is 1.54. The zero-order chi connectivity index (χ0) is 12.4. The molecule has 1 N–H and O–H groups in total. The summed E-state index contributed by atoms with van der Waals surface area (Å²) in [5.41, 5.74) is 1.38. The Kier molecular flexibility index (Phi) is 3.06. The van der Waals surface area contributed by atoms with Crippen molar-refractivity contribution in [3.05, 3.63) is 29.7 Å². The highest BCUT2D eigenvalue weighted by atomic mass is 16.1. The van der Waals surface area contributed by atoms with E-state index in [0.29, 0.717) is 11.6 Å². The number of nitrogens with one attached hydrogen (secondary N) is 1. The van der Waals surface area contributed by atoms with E-state index in [4.69, 9.17) is 0 Å². The number of hydrogen-bond acceptors (Lipinski definition) is 4. The molecule has 1 aliphatic rings. The fourth-order valence-corrected chi connectivity index (χ4v) is 2.60. The SMILES string of the molecule is O=Cc1cccc2nnc(CC3CCNCC3)n12. The van der Waals surface area contributed by atoms with Gasteiger partial charge in [0.05, 0.1) is 5.69 Å². The lowest BCUT2D eigenvalue weighted by Gasteiger charge is -2.21. The predicted molar refractivity (Wildman–Crippen MR) is 67.7 cm³/mol. The van der Waals surface area contributed by atoms with E-state index in [1.54, 1.807) is 6.07 Å². The second kappa shape index (κ2) is 4.86. The molecule has 0 amide bonds. The van der Waals surface area contributed by atoms with Gasteiger partial charge in [0, 0.05) is 6.42 Å². The first kappa shape index (κ1) is 11.3. The Balaban J connectivity index is 1.93. The van der Waals surface area contributed by atoms with E-state index in [1.807, 2.05) is 16.5 Å². The van der Waals surface area contributed by atoms with E-state index in [1.165, 1.54) is 0 Å². The van der Waals surface area contributed by atoms with Crippen LogP contribution in [0.15, 0.2) is 18.2 Å². The maximum atomic E-state index is 11.1. The first-order valence-electron chi connectivity index (χ1n) is 6.37. The quantitative estimate of drug-likeness (QED) is 0.821. The number of piperidine rings is 1. The number of hydrogen-bond donors (Lipinski definition) is 1. The molecule has 0 unspecified atom stereocenters. The van der Waals surface area contributed by atoms with Gasteiger partial charge in [-0.1, -0.05) is 6.07 Å². The summed E-state index contributed by atoms with van der Waals surface area (Å²) in [6.07, 6.45) is 4.09. The summed E-state index contributed by atoms with van der Waals surface area (Å²) in [5, 5.41) is 11.7. The van der Waals surface area contributed by atoms with Crippen molar-refractivity contribution in [2.24, 2.45) is 5.92 Å². The summed E-state index contributed by atoms with van der Waals surface area (Å²) in [4.78, 5) is 11.1. The number of nitrogens with zero attached hydrogens (tertiary/aromatic N) is 3. The van der Waals surface area contributed by atoms with Crippen LogP contribution in [0.4, 0.5) is 0 Å². The van der Waals surface area contributed by atoms with Gasteiger partial charge in [-0.25, -0.2) is 0 Å². The van der Waals surface area contributed by atoms with Gasteiger partial charge in [0.15, 0.2) is 11.9 Å². The van der Waals surface area contributed by atoms with Crippen LogP contribution in [0.25, 0.3) is 5.65 Å². The van der Waals surface area contributed by atoms with Gasteiger partial charge in [-0.05, 0) is 44.0 Å². The minimum absolute atomic E-state index is 0.626. The van der Waals surface area contributed by atoms with E-state index in [-0.39, 0.29) is 0 Å². The highest BCUT2D eigenvalue weighted by Crippen LogP contribution is 2.18. The van der Waals surface area contributed by atoms with Crippen LogP contribution in [-0.4, -0.2) is 34.0 Å².